The van der Waals surface area contributed by atoms with Crippen LogP contribution in [0.1, 0.15) is 73.8 Å². The lowest BCUT2D eigenvalue weighted by Gasteiger charge is -2.28. The second-order valence-corrected chi connectivity index (χ2v) is 13.7. The topological polar surface area (TPSA) is 112 Å². The highest BCUT2D eigenvalue weighted by atomic mass is 79.9. The molecule has 0 radical (unpaired) electrons. The average molecular weight is 713 g/mol. The van der Waals surface area contributed by atoms with Gasteiger partial charge in [-0.2, -0.15) is 0 Å². The number of hydrogen-bond acceptors (Lipinski definition) is 6. The summed E-state index contributed by atoms with van der Waals surface area (Å²) in [6.07, 6.45) is 11.1. The van der Waals surface area contributed by atoms with Gasteiger partial charge in [0.25, 0.3) is 5.91 Å². The molecule has 2 aliphatic heterocycles. The summed E-state index contributed by atoms with van der Waals surface area (Å²) in [5.41, 5.74) is 2.99. The normalized spacial score (nSPS) is 19.8. The molecule has 0 aliphatic carbocycles. The Balaban J connectivity index is 1.13. The van der Waals surface area contributed by atoms with Crippen LogP contribution in [-0.2, 0) is 28.3 Å². The van der Waals surface area contributed by atoms with Gasteiger partial charge >= 0.3 is 0 Å². The number of carbonyl (C=O) groups excluding carboxylic acids is 2. The molecule has 1 unspecified atom stereocenters. The number of rotatable bonds is 11. The number of allylic oxidation sites excluding steroid dienone is 1. The van der Waals surface area contributed by atoms with Crippen molar-refractivity contribution in [3.63, 3.8) is 0 Å². The van der Waals surface area contributed by atoms with E-state index in [0.29, 0.717) is 42.9 Å². The molecule has 3 atom stereocenters. The Morgan fingerprint density at radius 1 is 1.00 bits per heavy atom. The monoisotopic (exact) mass is 711 g/mol. The van der Waals surface area contributed by atoms with E-state index in [9.17, 15) is 19.8 Å². The van der Waals surface area contributed by atoms with E-state index >= 15 is 0 Å². The molecule has 4 aromatic rings. The molecular weight excluding hydrogens is 670 g/mol. The van der Waals surface area contributed by atoms with E-state index in [1.54, 1.807) is 9.58 Å². The van der Waals surface area contributed by atoms with Crippen molar-refractivity contribution in [1.29, 1.82) is 0 Å². The molecule has 3 heterocycles. The third-order valence-electron chi connectivity index (χ3n) is 9.55. The van der Waals surface area contributed by atoms with Gasteiger partial charge in [-0.25, -0.2) is 0 Å². The van der Waals surface area contributed by atoms with E-state index in [-0.39, 0.29) is 24.3 Å². The zero-order chi connectivity index (χ0) is 33.7. The Hall–Kier alpha value is -4.12. The predicted molar refractivity (Wildman–Crippen MR) is 189 cm³/mol. The summed E-state index contributed by atoms with van der Waals surface area (Å²) in [5, 5.41) is 30.6. The Kier molecular flexibility index (Phi) is 10.5. The Bertz CT molecular complexity index is 1760. The number of aliphatic hydroxyl groups is 2. The van der Waals surface area contributed by atoms with E-state index in [1.807, 2.05) is 103 Å². The lowest BCUT2D eigenvalue weighted by molar-refractivity contribution is -0.139. The molecule has 3 aromatic carbocycles. The molecule has 0 saturated carbocycles. The number of hydrogen-bond donors (Lipinski definition) is 2. The van der Waals surface area contributed by atoms with E-state index < -0.39 is 11.5 Å². The van der Waals surface area contributed by atoms with Crippen LogP contribution < -0.4 is 9.80 Å². The Labute approximate surface area is 290 Å². The number of anilines is 2. The lowest BCUT2D eigenvalue weighted by Crippen LogP contribution is -2.44. The van der Waals surface area contributed by atoms with Gasteiger partial charge < -0.3 is 20.0 Å². The van der Waals surface area contributed by atoms with Gasteiger partial charge in [-0.1, -0.05) is 95.5 Å². The van der Waals surface area contributed by atoms with Gasteiger partial charge in [0, 0.05) is 47.3 Å². The molecule has 0 bridgehead atoms. The van der Waals surface area contributed by atoms with Crippen molar-refractivity contribution < 1.29 is 19.8 Å². The van der Waals surface area contributed by atoms with Crippen molar-refractivity contribution >= 4 is 39.1 Å². The molecule has 2 amide bonds. The van der Waals surface area contributed by atoms with E-state index in [4.69, 9.17) is 0 Å². The minimum absolute atomic E-state index is 0.0632. The van der Waals surface area contributed by atoms with Crippen LogP contribution in [0.2, 0.25) is 0 Å². The maximum Gasteiger partial charge on any atom is 0.264 e. The molecule has 10 heteroatoms. The minimum atomic E-state index is -1.74. The van der Waals surface area contributed by atoms with Gasteiger partial charge in [0.15, 0.2) is 5.60 Å². The number of amides is 2. The molecule has 1 saturated heterocycles. The number of aliphatic hydroxyl groups excluding tert-OH is 1. The van der Waals surface area contributed by atoms with Crippen LogP contribution in [0, 0.1) is 5.92 Å². The van der Waals surface area contributed by atoms with Crippen LogP contribution in [0.15, 0.2) is 95.6 Å². The number of benzene rings is 3. The number of nitrogens with zero attached hydrogens (tertiary/aromatic N) is 5. The third-order valence-corrected chi connectivity index (χ3v) is 10.0. The molecular formula is C38H42BrN5O4. The lowest BCUT2D eigenvalue weighted by atomic mass is 9.83. The zero-order valence-corrected chi connectivity index (χ0v) is 28.8. The Morgan fingerprint density at radius 2 is 1.77 bits per heavy atom. The Morgan fingerprint density at radius 3 is 2.54 bits per heavy atom. The summed E-state index contributed by atoms with van der Waals surface area (Å²) >= 11 is 3.53. The molecule has 9 nitrogen and oxygen atoms in total. The van der Waals surface area contributed by atoms with Crippen molar-refractivity contribution in [3.05, 3.63) is 118 Å². The molecule has 48 heavy (non-hydrogen) atoms. The molecule has 0 spiro atoms. The minimum Gasteiger partial charge on any atom is -0.395 e. The number of aryl methyl sites for hydroxylation is 1. The highest BCUT2D eigenvalue weighted by molar-refractivity contribution is 9.10. The van der Waals surface area contributed by atoms with Gasteiger partial charge in [0.05, 0.1) is 30.5 Å². The standard InChI is InChI=1S/C38H42BrN5O4/c1-27(11-8-10-21-42-25-34(40-41-42)32(26-45)29-12-5-4-6-13-29)38(48)33-23-30(39)17-20-35(33)44(37(38)47)24-28-15-18-31(19-16-28)43-22-9-3-2-7-14-36(43)46/h4-6,8,11-13,15-20,23,25,27,32,45,48H,2-3,7,9-10,14,21-22,24,26H2,1H3/b11-8+/t27-,32?,38+/m0/s1. The second-order valence-electron chi connectivity index (χ2n) is 12.8. The smallest absolute Gasteiger partial charge is 0.264 e. The maximum absolute atomic E-state index is 14.1. The summed E-state index contributed by atoms with van der Waals surface area (Å²) in [7, 11) is 0. The summed E-state index contributed by atoms with van der Waals surface area (Å²) in [6.45, 7) is 3.38. The maximum atomic E-state index is 14.1. The van der Waals surface area contributed by atoms with E-state index in [1.165, 1.54) is 0 Å². The fraction of sp³-hybridized carbons (Fsp3) is 0.368. The first kappa shape index (κ1) is 33.8. The molecule has 1 fully saturated rings. The van der Waals surface area contributed by atoms with Gasteiger partial charge in [0.1, 0.15) is 0 Å². The number of fused-ring (bicyclic) bond motifs is 1. The molecule has 6 rings (SSSR count). The number of halogens is 1. The molecule has 250 valence electrons. The van der Waals surface area contributed by atoms with Crippen LogP contribution in [0.25, 0.3) is 0 Å². The largest absolute Gasteiger partial charge is 0.395 e. The van der Waals surface area contributed by atoms with Gasteiger partial charge in [0.2, 0.25) is 5.91 Å². The summed E-state index contributed by atoms with van der Waals surface area (Å²) in [4.78, 5) is 30.3. The van der Waals surface area contributed by atoms with Crippen molar-refractivity contribution in [1.82, 2.24) is 15.0 Å². The van der Waals surface area contributed by atoms with Gasteiger partial charge in [-0.3, -0.25) is 14.3 Å². The number of carbonyl (C=O) groups is 2. The second kappa shape index (κ2) is 15.0. The van der Waals surface area contributed by atoms with E-state index in [2.05, 4.69) is 26.2 Å². The molecule has 2 N–H and O–H groups in total. The van der Waals surface area contributed by atoms with Crippen LogP contribution in [0.5, 0.6) is 0 Å². The third kappa shape index (κ3) is 7.02. The fourth-order valence-electron chi connectivity index (χ4n) is 6.76. The first-order chi connectivity index (χ1) is 23.3. The number of aromatic nitrogens is 3. The highest BCUT2D eigenvalue weighted by Gasteiger charge is 2.52. The first-order valence-corrected chi connectivity index (χ1v) is 17.5. The molecule has 2 aliphatic rings. The summed E-state index contributed by atoms with van der Waals surface area (Å²) < 4.78 is 2.53. The predicted octanol–water partition coefficient (Wildman–Crippen LogP) is 6.48. The van der Waals surface area contributed by atoms with Crippen LogP contribution in [0.3, 0.4) is 0 Å². The SMILES string of the molecule is C[C@@H](/C=C/CCn1cc(C(CO)c2ccccc2)nn1)[C@]1(O)C(=O)N(Cc2ccc(N3CCCCCCC3=O)cc2)c2ccc(Br)cc21. The fourth-order valence-corrected chi connectivity index (χ4v) is 7.12. The first-order valence-electron chi connectivity index (χ1n) is 16.8. The quantitative estimate of drug-likeness (QED) is 0.172. The van der Waals surface area contributed by atoms with Gasteiger partial charge in [-0.05, 0) is 60.7 Å². The van der Waals surface area contributed by atoms with Crippen molar-refractivity contribution in [2.75, 3.05) is 23.0 Å². The average Bonchev–Trinajstić information content (AvgIpc) is 3.63. The van der Waals surface area contributed by atoms with Crippen LogP contribution in [-0.4, -0.2) is 50.2 Å². The summed E-state index contributed by atoms with van der Waals surface area (Å²) in [5.74, 6) is -0.959. The van der Waals surface area contributed by atoms with E-state index in [0.717, 1.165) is 53.5 Å². The molecule has 1 aromatic heterocycles. The van der Waals surface area contributed by atoms with Crippen LogP contribution >= 0.6 is 15.9 Å². The van der Waals surface area contributed by atoms with Gasteiger partial charge in [-0.15, -0.1) is 5.10 Å². The zero-order valence-electron chi connectivity index (χ0n) is 27.2. The van der Waals surface area contributed by atoms with Crippen molar-refractivity contribution in [3.8, 4) is 0 Å². The summed E-state index contributed by atoms with van der Waals surface area (Å²) in [6, 6.07) is 23.2. The van der Waals surface area contributed by atoms with Crippen molar-refractivity contribution in [2.24, 2.45) is 5.92 Å². The van der Waals surface area contributed by atoms with Crippen LogP contribution in [0.4, 0.5) is 11.4 Å². The van der Waals surface area contributed by atoms with Crippen molar-refractivity contribution in [2.45, 2.75) is 70.1 Å². The highest BCUT2D eigenvalue weighted by Crippen LogP contribution is 2.46.